The second-order valence-corrected chi connectivity index (χ2v) is 14.7. The summed E-state index contributed by atoms with van der Waals surface area (Å²) < 4.78 is 17.1. The van der Waals surface area contributed by atoms with E-state index in [0.717, 1.165) is 110 Å². The Kier molecular flexibility index (Phi) is 6.41. The topological polar surface area (TPSA) is 108 Å². The van der Waals surface area contributed by atoms with E-state index >= 15 is 0 Å². The standard InChI is InChI=1S/C51H25N5O2/c52-26-29-6-5-7-34(18-29)55-44-16-13-30(20-38(44)40-22-42-36-8-1-3-10-48(36)57-50(42)24-46(40)55)31-14-17-45-39(21-31)41-23-43-37-9-2-4-11-49(37)58-51(43)25-47(41)56(45)35-15-12-32(27-53)33(19-35)28-54/h1-25H. The Morgan fingerprint density at radius 3 is 1.43 bits per heavy atom. The molecule has 0 amide bonds. The third-order valence-electron chi connectivity index (χ3n) is 11.6. The summed E-state index contributed by atoms with van der Waals surface area (Å²) in [6, 6.07) is 57.7. The SMILES string of the molecule is N#Cc1cccc(-n2c3ccc(-c4ccc5c(c4)c4cc6c(cc4n5-c4ccc(C#N)c(C#N)c4)oc4ccccc46)cc3c3cc4c(cc32)oc2ccccc24)c1. The van der Waals surface area contributed by atoms with Crippen molar-refractivity contribution in [3.05, 3.63) is 168 Å². The molecule has 12 aromatic rings. The lowest BCUT2D eigenvalue weighted by molar-refractivity contribution is 0.669. The van der Waals surface area contributed by atoms with E-state index in [-0.39, 0.29) is 0 Å². The van der Waals surface area contributed by atoms with E-state index in [4.69, 9.17) is 8.83 Å². The van der Waals surface area contributed by atoms with Crippen molar-refractivity contribution in [3.63, 3.8) is 0 Å². The van der Waals surface area contributed by atoms with Crippen molar-refractivity contribution in [2.45, 2.75) is 0 Å². The van der Waals surface area contributed by atoms with E-state index in [2.05, 4.69) is 100 Å². The van der Waals surface area contributed by atoms with Gasteiger partial charge in [-0.2, -0.15) is 15.8 Å². The zero-order chi connectivity index (χ0) is 38.6. The molecule has 0 aliphatic heterocycles. The number of nitriles is 3. The van der Waals surface area contributed by atoms with Gasteiger partial charge < -0.3 is 18.0 Å². The van der Waals surface area contributed by atoms with Crippen LogP contribution in [0.25, 0.3) is 110 Å². The number of fused-ring (bicyclic) bond motifs is 12. The van der Waals surface area contributed by atoms with E-state index in [1.54, 1.807) is 12.1 Å². The van der Waals surface area contributed by atoms with Crippen LogP contribution < -0.4 is 0 Å². The minimum absolute atomic E-state index is 0.323. The van der Waals surface area contributed by atoms with Crippen molar-refractivity contribution in [2.24, 2.45) is 0 Å². The monoisotopic (exact) mass is 739 g/mol. The fraction of sp³-hybridized carbons (Fsp3) is 0. The van der Waals surface area contributed by atoms with E-state index in [1.165, 1.54) is 0 Å². The van der Waals surface area contributed by atoms with E-state index < -0.39 is 0 Å². The van der Waals surface area contributed by atoms with Crippen LogP contribution >= 0.6 is 0 Å². The summed E-state index contributed by atoms with van der Waals surface area (Å²) in [6.45, 7) is 0. The van der Waals surface area contributed by atoms with Gasteiger partial charge in [-0.3, -0.25) is 0 Å². The van der Waals surface area contributed by atoms with Crippen LogP contribution in [0, 0.1) is 34.0 Å². The van der Waals surface area contributed by atoms with Gasteiger partial charge in [0.05, 0.1) is 44.8 Å². The Morgan fingerprint density at radius 2 is 0.879 bits per heavy atom. The molecule has 0 atom stereocenters. The predicted octanol–water partition coefficient (Wildman–Crippen LogP) is 13.0. The number of para-hydroxylation sites is 2. The van der Waals surface area contributed by atoms with Gasteiger partial charge in [-0.05, 0) is 96.1 Å². The first-order valence-corrected chi connectivity index (χ1v) is 18.8. The second-order valence-electron chi connectivity index (χ2n) is 14.7. The molecule has 0 bridgehead atoms. The highest BCUT2D eigenvalue weighted by Crippen LogP contribution is 2.42. The molecular weight excluding hydrogens is 715 g/mol. The highest BCUT2D eigenvalue weighted by Gasteiger charge is 2.20. The first-order chi connectivity index (χ1) is 28.6. The second kappa shape index (κ2) is 11.7. The first kappa shape index (κ1) is 31.7. The minimum Gasteiger partial charge on any atom is -0.456 e. The van der Waals surface area contributed by atoms with Crippen molar-refractivity contribution >= 4 is 87.5 Å². The van der Waals surface area contributed by atoms with Crippen molar-refractivity contribution in [1.29, 1.82) is 15.8 Å². The fourth-order valence-corrected chi connectivity index (χ4v) is 8.97. The lowest BCUT2D eigenvalue weighted by Gasteiger charge is -2.10. The van der Waals surface area contributed by atoms with E-state index in [9.17, 15) is 15.8 Å². The van der Waals surface area contributed by atoms with Gasteiger partial charge in [0.15, 0.2) is 0 Å². The Hall–Kier alpha value is -8.57. The third kappa shape index (κ3) is 4.40. The van der Waals surface area contributed by atoms with Gasteiger partial charge in [0.25, 0.3) is 0 Å². The van der Waals surface area contributed by atoms with Crippen molar-refractivity contribution in [2.75, 3.05) is 0 Å². The highest BCUT2D eigenvalue weighted by atomic mass is 16.3. The molecule has 8 aromatic carbocycles. The summed E-state index contributed by atoms with van der Waals surface area (Å²) in [5, 5.41) is 37.9. The molecule has 0 aliphatic carbocycles. The Morgan fingerprint density at radius 1 is 0.345 bits per heavy atom. The maximum Gasteiger partial charge on any atom is 0.137 e. The summed E-state index contributed by atoms with van der Waals surface area (Å²) in [4.78, 5) is 0. The highest BCUT2D eigenvalue weighted by molar-refractivity contribution is 6.20. The molecule has 0 saturated heterocycles. The quantitative estimate of drug-likeness (QED) is 0.179. The molecule has 58 heavy (non-hydrogen) atoms. The van der Waals surface area contributed by atoms with Crippen molar-refractivity contribution < 1.29 is 8.83 Å². The summed E-state index contributed by atoms with van der Waals surface area (Å²) in [7, 11) is 0. The maximum atomic E-state index is 9.96. The molecule has 7 nitrogen and oxygen atoms in total. The van der Waals surface area contributed by atoms with Crippen LogP contribution in [0.3, 0.4) is 0 Å². The van der Waals surface area contributed by atoms with Crippen LogP contribution in [-0.4, -0.2) is 9.13 Å². The van der Waals surface area contributed by atoms with Crippen LogP contribution in [0.15, 0.2) is 160 Å². The molecule has 0 N–H and O–H groups in total. The third-order valence-corrected chi connectivity index (χ3v) is 11.6. The number of furan rings is 2. The molecule has 266 valence electrons. The molecule has 0 spiro atoms. The van der Waals surface area contributed by atoms with Crippen LogP contribution in [0.1, 0.15) is 16.7 Å². The zero-order valence-corrected chi connectivity index (χ0v) is 30.5. The predicted molar refractivity (Wildman–Crippen MR) is 229 cm³/mol. The van der Waals surface area contributed by atoms with Crippen molar-refractivity contribution in [1.82, 2.24) is 9.13 Å². The largest absolute Gasteiger partial charge is 0.456 e. The number of aromatic nitrogens is 2. The molecular formula is C51H25N5O2. The molecule has 4 heterocycles. The van der Waals surface area contributed by atoms with Crippen LogP contribution in [-0.2, 0) is 0 Å². The Balaban J connectivity index is 1.13. The Bertz CT molecular complexity index is 3910. The summed E-state index contributed by atoms with van der Waals surface area (Å²) in [5.74, 6) is 0. The number of benzene rings is 8. The molecule has 0 aliphatic rings. The number of hydrogen-bond donors (Lipinski definition) is 0. The van der Waals surface area contributed by atoms with Crippen LogP contribution in [0.5, 0.6) is 0 Å². The summed E-state index contributed by atoms with van der Waals surface area (Å²) in [6.07, 6.45) is 0. The molecule has 0 radical (unpaired) electrons. The van der Waals surface area contributed by atoms with Crippen molar-refractivity contribution in [3.8, 4) is 40.7 Å². The van der Waals surface area contributed by atoms with Gasteiger partial charge >= 0.3 is 0 Å². The van der Waals surface area contributed by atoms with E-state index in [0.29, 0.717) is 16.7 Å². The zero-order valence-electron chi connectivity index (χ0n) is 30.5. The number of rotatable bonds is 3. The molecule has 0 unspecified atom stereocenters. The van der Waals surface area contributed by atoms with Gasteiger partial charge in [-0.25, -0.2) is 0 Å². The minimum atomic E-state index is 0.323. The fourth-order valence-electron chi connectivity index (χ4n) is 8.97. The van der Waals surface area contributed by atoms with Gasteiger partial charge in [0.1, 0.15) is 34.5 Å². The lowest BCUT2D eigenvalue weighted by Crippen LogP contribution is -1.96. The Labute approximate surface area is 329 Å². The maximum absolute atomic E-state index is 9.96. The molecule has 12 rings (SSSR count). The average molecular weight is 740 g/mol. The van der Waals surface area contributed by atoms with Crippen LogP contribution in [0.4, 0.5) is 0 Å². The first-order valence-electron chi connectivity index (χ1n) is 18.8. The van der Waals surface area contributed by atoms with Gasteiger partial charge in [-0.15, -0.1) is 0 Å². The molecule has 7 heteroatoms. The van der Waals surface area contributed by atoms with Gasteiger partial charge in [0.2, 0.25) is 0 Å². The lowest BCUT2D eigenvalue weighted by atomic mass is 10.00. The normalized spacial score (nSPS) is 11.7. The smallest absolute Gasteiger partial charge is 0.137 e. The summed E-state index contributed by atoms with van der Waals surface area (Å²) >= 11 is 0. The molecule has 4 aromatic heterocycles. The molecule has 0 fully saturated rings. The summed E-state index contributed by atoms with van der Waals surface area (Å²) in [5.41, 5.74) is 12.2. The number of hydrogen-bond acceptors (Lipinski definition) is 5. The van der Waals surface area contributed by atoms with Gasteiger partial charge in [0, 0.05) is 66.6 Å². The molecule has 0 saturated carbocycles. The average Bonchev–Trinajstić information content (AvgIpc) is 4.01. The van der Waals surface area contributed by atoms with Crippen LogP contribution in [0.2, 0.25) is 0 Å². The van der Waals surface area contributed by atoms with Gasteiger partial charge in [-0.1, -0.05) is 54.6 Å². The van der Waals surface area contributed by atoms with E-state index in [1.807, 2.05) is 66.7 Å². The number of nitrogens with zero attached hydrogens (tertiary/aromatic N) is 5.